The van der Waals surface area contributed by atoms with E-state index >= 15 is 4.39 Å². The van der Waals surface area contributed by atoms with Crippen LogP contribution in [0.3, 0.4) is 0 Å². The minimum atomic E-state index is -4.12. The predicted octanol–water partition coefficient (Wildman–Crippen LogP) is 4.69. The summed E-state index contributed by atoms with van der Waals surface area (Å²) in [4.78, 5) is 44.4. The van der Waals surface area contributed by atoms with Gasteiger partial charge in [0.1, 0.15) is 17.4 Å². The van der Waals surface area contributed by atoms with Crippen LogP contribution in [0.4, 0.5) is 14.9 Å². The van der Waals surface area contributed by atoms with Crippen LogP contribution in [0.5, 0.6) is 0 Å². The predicted molar refractivity (Wildman–Crippen MR) is 180 cm³/mol. The van der Waals surface area contributed by atoms with Gasteiger partial charge < -0.3 is 20.1 Å². The van der Waals surface area contributed by atoms with Crippen molar-refractivity contribution in [1.29, 1.82) is 0 Å². The number of hydrogen-bond acceptors (Lipinski definition) is 9. The maximum absolute atomic E-state index is 15.6. The molecule has 252 valence electrons. The molecule has 1 saturated carbocycles. The minimum absolute atomic E-state index is 0.0344. The molecule has 3 amide bonds. The Labute approximate surface area is 281 Å². The van der Waals surface area contributed by atoms with Crippen molar-refractivity contribution in [2.24, 2.45) is 0 Å². The van der Waals surface area contributed by atoms with E-state index in [-0.39, 0.29) is 41.9 Å². The number of aryl methyl sites for hydroxylation is 1. The molecule has 0 spiro atoms. The highest BCUT2D eigenvalue weighted by Gasteiger charge is 2.37. The monoisotopic (exact) mass is 694 g/mol. The quantitative estimate of drug-likeness (QED) is 0.218. The van der Waals surface area contributed by atoms with Crippen molar-refractivity contribution in [2.45, 2.75) is 43.6 Å². The molecule has 0 bridgehead atoms. The minimum Gasteiger partial charge on any atom is -0.444 e. The number of sulfone groups is 1. The third-order valence-electron chi connectivity index (χ3n) is 8.19. The summed E-state index contributed by atoms with van der Waals surface area (Å²) in [6.07, 6.45) is 2.67. The highest BCUT2D eigenvalue weighted by atomic mass is 32.2. The Hall–Kier alpha value is -4.40. The molecule has 6 rings (SSSR count). The third-order valence-corrected chi connectivity index (χ3v) is 11.3. The molecule has 1 unspecified atom stereocenters. The topological polar surface area (TPSA) is 144 Å². The summed E-state index contributed by atoms with van der Waals surface area (Å²) < 4.78 is 53.3. The molecule has 4 aromatic rings. The largest absolute Gasteiger partial charge is 0.444 e. The third kappa shape index (κ3) is 7.66. The Balaban J connectivity index is 1.25. The molecule has 14 heteroatoms. The van der Waals surface area contributed by atoms with Gasteiger partial charge in [0.2, 0.25) is 11.8 Å². The molecule has 1 fully saturated rings. The molecule has 1 aliphatic heterocycles. The van der Waals surface area contributed by atoms with Crippen molar-refractivity contribution in [3.63, 3.8) is 0 Å². The van der Waals surface area contributed by atoms with Crippen LogP contribution in [0.25, 0.3) is 21.3 Å². The molecule has 11 nitrogen and oxygen atoms in total. The maximum Gasteiger partial charge on any atom is 0.414 e. The molecule has 0 radical (unpaired) electrons. The summed E-state index contributed by atoms with van der Waals surface area (Å²) in [7, 11) is -2.76. The average molecular weight is 695 g/mol. The molecule has 1 atom stereocenters. The molecule has 3 aromatic carbocycles. The van der Waals surface area contributed by atoms with E-state index in [0.717, 1.165) is 35.3 Å². The van der Waals surface area contributed by atoms with Crippen molar-refractivity contribution in [2.75, 3.05) is 37.5 Å². The van der Waals surface area contributed by atoms with E-state index in [4.69, 9.17) is 9.47 Å². The zero-order chi connectivity index (χ0) is 33.8. The summed E-state index contributed by atoms with van der Waals surface area (Å²) >= 11 is 0.975. The van der Waals surface area contributed by atoms with E-state index in [2.05, 4.69) is 15.6 Å². The molecule has 48 heavy (non-hydrogen) atoms. The number of amides is 3. The number of halogens is 1. The summed E-state index contributed by atoms with van der Waals surface area (Å²) in [5, 5.41) is 3.44. The second-order valence-electron chi connectivity index (χ2n) is 11.8. The van der Waals surface area contributed by atoms with Gasteiger partial charge in [-0.1, -0.05) is 36.4 Å². The number of carbonyl (C=O) groups is 3. The molecule has 2 N–H and O–H groups in total. The maximum atomic E-state index is 15.6. The first-order valence-corrected chi connectivity index (χ1v) is 18.1. The number of aromatic nitrogens is 1. The average Bonchev–Trinajstić information content (AvgIpc) is 3.81. The molecule has 1 aliphatic carbocycles. The van der Waals surface area contributed by atoms with Crippen LogP contribution in [0.1, 0.15) is 40.6 Å². The first-order valence-electron chi connectivity index (χ1n) is 15.6. The van der Waals surface area contributed by atoms with Crippen molar-refractivity contribution >= 4 is 55.0 Å². The number of fused-ring (bicyclic) bond motifs is 2. The van der Waals surface area contributed by atoms with Crippen molar-refractivity contribution in [3.8, 4) is 11.1 Å². The number of anilines is 1. The second kappa shape index (κ2) is 14.4. The fourth-order valence-corrected chi connectivity index (χ4v) is 8.52. The van der Waals surface area contributed by atoms with E-state index in [1.165, 1.54) is 13.2 Å². The molecular formula is C34H35FN4O7S2. The second-order valence-corrected chi connectivity index (χ2v) is 15.1. The molecule has 2 heterocycles. The Bertz CT molecular complexity index is 1950. The summed E-state index contributed by atoms with van der Waals surface area (Å²) in [6.45, 7) is 0.128. The lowest BCUT2D eigenvalue weighted by Gasteiger charge is -2.29. The van der Waals surface area contributed by atoms with E-state index in [1.807, 2.05) is 36.4 Å². The van der Waals surface area contributed by atoms with Crippen LogP contribution in [-0.4, -0.2) is 69.9 Å². The van der Waals surface area contributed by atoms with Crippen LogP contribution >= 0.6 is 11.3 Å². The Kier molecular flexibility index (Phi) is 10.0. The van der Waals surface area contributed by atoms with Gasteiger partial charge in [-0.2, -0.15) is 0 Å². The van der Waals surface area contributed by atoms with Gasteiger partial charge in [0.25, 0.3) is 0 Å². The van der Waals surface area contributed by atoms with Gasteiger partial charge in [0.05, 0.1) is 34.8 Å². The molecule has 2 aliphatic rings. The number of rotatable bonds is 12. The van der Waals surface area contributed by atoms with Crippen LogP contribution in [0.2, 0.25) is 0 Å². The van der Waals surface area contributed by atoms with Crippen LogP contribution in [0, 0.1) is 5.82 Å². The van der Waals surface area contributed by atoms with Gasteiger partial charge >= 0.3 is 6.09 Å². The van der Waals surface area contributed by atoms with Crippen LogP contribution in [0.15, 0.2) is 60.7 Å². The van der Waals surface area contributed by atoms with Gasteiger partial charge in [0.15, 0.2) is 15.1 Å². The number of ether oxygens (including phenoxy) is 2. The van der Waals surface area contributed by atoms with E-state index in [0.29, 0.717) is 35.3 Å². The number of thiazole rings is 1. The zero-order valence-corrected chi connectivity index (χ0v) is 27.9. The number of methoxy groups -OCH3 is 1. The van der Waals surface area contributed by atoms with Crippen LogP contribution in [-0.2, 0) is 41.9 Å². The summed E-state index contributed by atoms with van der Waals surface area (Å²) in [5.41, 5.74) is 3.49. The zero-order valence-electron chi connectivity index (χ0n) is 26.2. The highest BCUT2D eigenvalue weighted by molar-refractivity contribution is 7.92. The van der Waals surface area contributed by atoms with Crippen molar-refractivity contribution in [3.05, 3.63) is 82.6 Å². The Morgan fingerprint density at radius 1 is 1.10 bits per heavy atom. The summed E-state index contributed by atoms with van der Waals surface area (Å²) in [5.74, 6) is -2.32. The molecule has 0 saturated heterocycles. The van der Waals surface area contributed by atoms with E-state index in [1.54, 1.807) is 23.1 Å². The number of nitrogens with one attached hydrogen (secondary N) is 2. The van der Waals surface area contributed by atoms with Crippen molar-refractivity contribution in [1.82, 2.24) is 15.6 Å². The standard InChI is InChI=1S/C34H35FN4O7S2/c1-45-14-15-48(43,44)31(32(41)36-19-30(40)37-24-10-11-24)33-38-27-18-26(35)25(17-29(27)47-33)22-9-12-28-23(16-22)8-5-13-39(28)34(42)46-20-21-6-3-2-4-7-21/h2-4,6-7,9,12,16-18,24,31H,5,8,10-11,13-15,19-20H2,1H3,(H,36,41)(H,37,40). The normalized spacial score (nSPS) is 15.1. The van der Waals surface area contributed by atoms with Gasteiger partial charge in [0, 0.05) is 31.3 Å². The van der Waals surface area contributed by atoms with Gasteiger partial charge in [-0.25, -0.2) is 22.6 Å². The van der Waals surface area contributed by atoms with Crippen molar-refractivity contribution < 1.29 is 36.7 Å². The fourth-order valence-electron chi connectivity index (χ4n) is 5.56. The van der Waals surface area contributed by atoms with Gasteiger partial charge in [-0.05, 0) is 60.6 Å². The Morgan fingerprint density at radius 2 is 1.90 bits per heavy atom. The van der Waals surface area contributed by atoms with E-state index in [9.17, 15) is 22.8 Å². The lowest BCUT2D eigenvalue weighted by Crippen LogP contribution is -2.41. The number of nitrogens with zero attached hydrogens (tertiary/aromatic N) is 2. The lowest BCUT2D eigenvalue weighted by atomic mass is 9.96. The lowest BCUT2D eigenvalue weighted by molar-refractivity contribution is -0.126. The highest BCUT2D eigenvalue weighted by Crippen LogP contribution is 2.38. The van der Waals surface area contributed by atoms with Gasteiger partial charge in [-0.3, -0.25) is 14.5 Å². The number of hydrogen-bond donors (Lipinski definition) is 2. The first-order chi connectivity index (χ1) is 23.1. The van der Waals surface area contributed by atoms with E-state index < -0.39 is 44.6 Å². The van der Waals surface area contributed by atoms with Crippen LogP contribution < -0.4 is 15.5 Å². The molecule has 1 aromatic heterocycles. The summed E-state index contributed by atoms with van der Waals surface area (Å²) in [6, 6.07) is 17.6. The van der Waals surface area contributed by atoms with Gasteiger partial charge in [-0.15, -0.1) is 11.3 Å². The number of carbonyl (C=O) groups excluding carboxylic acids is 3. The Morgan fingerprint density at radius 3 is 2.65 bits per heavy atom. The molecular weight excluding hydrogens is 660 g/mol. The number of benzene rings is 3. The fraction of sp³-hybridized carbons (Fsp3) is 0.353. The first kappa shape index (κ1) is 33.5. The smallest absolute Gasteiger partial charge is 0.414 e. The SMILES string of the molecule is COCCS(=O)(=O)C(C(=O)NCC(=O)NC1CC1)c1nc2cc(F)c(-c3ccc4c(c3)CCCN4C(=O)OCc3ccccc3)cc2s1.